The summed E-state index contributed by atoms with van der Waals surface area (Å²) in [5.74, 6) is -0.299. The van der Waals surface area contributed by atoms with Gasteiger partial charge in [-0.1, -0.05) is 12.6 Å². The fraction of sp³-hybridized carbons (Fsp3) is 0.292. The van der Waals surface area contributed by atoms with Gasteiger partial charge in [0.05, 0.1) is 12.5 Å². The molecule has 0 aliphatic carbocycles. The number of nitrogens with two attached hydrogens (primary N) is 1. The summed E-state index contributed by atoms with van der Waals surface area (Å²) in [6.45, 7) is 8.77. The molecular weight excluding hydrogens is 437 g/mol. The van der Waals surface area contributed by atoms with Crippen LogP contribution in [0.2, 0.25) is 0 Å². The van der Waals surface area contributed by atoms with E-state index in [0.717, 1.165) is 11.8 Å². The molecule has 3 aromatic rings. The molecular formula is C24H26FN7O2. The number of pyridine rings is 1. The van der Waals surface area contributed by atoms with Crippen LogP contribution in [-0.2, 0) is 4.79 Å². The van der Waals surface area contributed by atoms with Crippen molar-refractivity contribution in [3.05, 3.63) is 47.9 Å². The third-order valence-corrected chi connectivity index (χ3v) is 6.08. The van der Waals surface area contributed by atoms with Crippen molar-refractivity contribution >= 4 is 34.5 Å². The Morgan fingerprint density at radius 3 is 2.76 bits per heavy atom. The summed E-state index contributed by atoms with van der Waals surface area (Å²) in [5.41, 5.74) is 8.08. The zero-order chi connectivity index (χ0) is 24.6. The molecule has 2 aromatic heterocycles. The van der Waals surface area contributed by atoms with Crippen LogP contribution in [0.5, 0.6) is 6.01 Å². The molecule has 1 amide bonds. The molecule has 1 aromatic carbocycles. The van der Waals surface area contributed by atoms with E-state index in [9.17, 15) is 4.79 Å². The van der Waals surface area contributed by atoms with Crippen LogP contribution < -0.4 is 15.4 Å². The van der Waals surface area contributed by atoms with Gasteiger partial charge >= 0.3 is 6.01 Å². The molecule has 34 heavy (non-hydrogen) atoms. The fourth-order valence-electron chi connectivity index (χ4n) is 4.32. The summed E-state index contributed by atoms with van der Waals surface area (Å²) in [4.78, 5) is 29.0. The van der Waals surface area contributed by atoms with E-state index < -0.39 is 5.82 Å². The second-order valence-electron chi connectivity index (χ2n) is 8.15. The average Bonchev–Trinajstić information content (AvgIpc) is 2.84. The number of rotatable bonds is 5. The lowest BCUT2D eigenvalue weighted by Gasteiger charge is -2.40. The molecule has 3 heterocycles. The number of benzene rings is 1. The number of hydrogen-bond donors (Lipinski definition) is 2. The molecule has 0 radical (unpaired) electrons. The Morgan fingerprint density at radius 1 is 1.35 bits per heavy atom. The number of aromatic nitrogens is 3. The predicted molar refractivity (Wildman–Crippen MR) is 130 cm³/mol. The molecule has 0 saturated carbocycles. The highest BCUT2D eigenvalue weighted by Crippen LogP contribution is 2.36. The first-order valence-electron chi connectivity index (χ1n) is 10.8. The number of halogens is 1. The zero-order valence-electron chi connectivity index (χ0n) is 19.3. The molecule has 1 fully saturated rings. The van der Waals surface area contributed by atoms with Gasteiger partial charge in [-0.25, -0.2) is 4.39 Å². The van der Waals surface area contributed by atoms with Gasteiger partial charge in [0, 0.05) is 54.9 Å². The topological polar surface area (TPSA) is 121 Å². The number of hydrogen-bond acceptors (Lipinski definition) is 8. The van der Waals surface area contributed by atoms with Crippen LogP contribution in [0.3, 0.4) is 0 Å². The largest absolute Gasteiger partial charge is 0.467 e. The highest BCUT2D eigenvalue weighted by Gasteiger charge is 2.30. The monoisotopic (exact) mass is 463 g/mol. The summed E-state index contributed by atoms with van der Waals surface area (Å²) in [7, 11) is 1.42. The number of aryl methyl sites for hydroxylation is 1. The number of nitrogens with one attached hydrogen (secondary N) is 1. The van der Waals surface area contributed by atoms with Gasteiger partial charge in [-0.3, -0.25) is 9.78 Å². The number of nitrogen functional groups attached to an aromatic ring is 1. The number of carbonyl (C=O) groups excluding carboxylic acids is 1. The zero-order valence-corrected chi connectivity index (χ0v) is 19.3. The highest BCUT2D eigenvalue weighted by atomic mass is 19.1. The molecule has 1 saturated heterocycles. The standard InChI is InChI=1S/C24H26FN7O2/c1-5-18(33)31-8-9-32(14(3)12-31)23-16-11-28-22(20(25)21(16)29-24(30-23)34-4)19-13(2)6-7-17(27)15(19)10-26/h5-7,10-11,14,26H,1,8-9,12,27H2,2-4H3. The van der Waals surface area contributed by atoms with Crippen molar-refractivity contribution in [2.45, 2.75) is 19.9 Å². The Labute approximate surface area is 196 Å². The van der Waals surface area contributed by atoms with E-state index in [1.807, 2.05) is 18.7 Å². The van der Waals surface area contributed by atoms with Gasteiger partial charge in [0.1, 0.15) is 17.0 Å². The third-order valence-electron chi connectivity index (χ3n) is 6.08. The summed E-state index contributed by atoms with van der Waals surface area (Å²) in [6.07, 6.45) is 3.93. The maximum absolute atomic E-state index is 16.0. The smallest absolute Gasteiger partial charge is 0.318 e. The van der Waals surface area contributed by atoms with Crippen LogP contribution in [0.15, 0.2) is 31.0 Å². The number of methoxy groups -OCH3 is 1. The maximum atomic E-state index is 16.0. The molecule has 1 aliphatic rings. The van der Waals surface area contributed by atoms with Crippen LogP contribution in [-0.4, -0.2) is 64.8 Å². The highest BCUT2D eigenvalue weighted by molar-refractivity contribution is 5.98. The molecule has 10 heteroatoms. The second kappa shape index (κ2) is 9.05. The van der Waals surface area contributed by atoms with Crippen LogP contribution in [0.4, 0.5) is 15.9 Å². The van der Waals surface area contributed by atoms with Crippen molar-refractivity contribution in [2.75, 3.05) is 37.4 Å². The van der Waals surface area contributed by atoms with Gasteiger partial charge < -0.3 is 25.7 Å². The Bertz CT molecular complexity index is 1310. The van der Waals surface area contributed by atoms with Crippen LogP contribution in [0.25, 0.3) is 22.2 Å². The van der Waals surface area contributed by atoms with Crippen molar-refractivity contribution in [2.24, 2.45) is 0 Å². The van der Waals surface area contributed by atoms with E-state index in [2.05, 4.69) is 21.5 Å². The number of fused-ring (bicyclic) bond motifs is 1. The molecule has 1 unspecified atom stereocenters. The van der Waals surface area contributed by atoms with E-state index in [1.54, 1.807) is 17.0 Å². The first kappa shape index (κ1) is 23.1. The predicted octanol–water partition coefficient (Wildman–Crippen LogP) is 2.95. The first-order chi connectivity index (χ1) is 16.3. The van der Waals surface area contributed by atoms with Crippen molar-refractivity contribution in [1.29, 1.82) is 5.41 Å². The Morgan fingerprint density at radius 2 is 2.12 bits per heavy atom. The Hall–Kier alpha value is -4.08. The maximum Gasteiger partial charge on any atom is 0.318 e. The van der Waals surface area contributed by atoms with Gasteiger partial charge in [-0.15, -0.1) is 0 Å². The molecule has 1 atom stereocenters. The van der Waals surface area contributed by atoms with Crippen molar-refractivity contribution < 1.29 is 13.9 Å². The number of carbonyl (C=O) groups is 1. The number of ether oxygens (including phenoxy) is 1. The fourth-order valence-corrected chi connectivity index (χ4v) is 4.32. The van der Waals surface area contributed by atoms with Crippen molar-refractivity contribution in [3.8, 4) is 17.3 Å². The Balaban J connectivity index is 1.87. The lowest BCUT2D eigenvalue weighted by atomic mass is 9.96. The van der Waals surface area contributed by atoms with Crippen molar-refractivity contribution in [3.63, 3.8) is 0 Å². The van der Waals surface area contributed by atoms with E-state index in [4.69, 9.17) is 15.9 Å². The minimum absolute atomic E-state index is 0.0203. The normalized spacial score (nSPS) is 15.9. The second-order valence-corrected chi connectivity index (χ2v) is 8.15. The van der Waals surface area contributed by atoms with Crippen LogP contribution >= 0.6 is 0 Å². The molecule has 4 rings (SSSR count). The SMILES string of the molecule is C=CC(=O)N1CCN(c2nc(OC)nc3c(F)c(-c4c(C)ccc(N)c4C=N)ncc23)C(C)C1. The van der Waals surface area contributed by atoms with Crippen LogP contribution in [0, 0.1) is 18.2 Å². The molecule has 0 bridgehead atoms. The lowest BCUT2D eigenvalue weighted by Crippen LogP contribution is -2.53. The summed E-state index contributed by atoms with van der Waals surface area (Å²) in [6, 6.07) is 3.37. The van der Waals surface area contributed by atoms with E-state index in [0.29, 0.717) is 47.7 Å². The van der Waals surface area contributed by atoms with Crippen LogP contribution in [0.1, 0.15) is 18.1 Å². The van der Waals surface area contributed by atoms with Gasteiger partial charge in [-0.2, -0.15) is 9.97 Å². The Kier molecular flexibility index (Phi) is 6.14. The quantitative estimate of drug-likeness (QED) is 0.339. The molecule has 3 N–H and O–H groups in total. The van der Waals surface area contributed by atoms with Gasteiger partial charge in [0.25, 0.3) is 0 Å². The minimum atomic E-state index is -0.649. The molecule has 0 spiro atoms. The molecule has 1 aliphatic heterocycles. The number of anilines is 2. The summed E-state index contributed by atoms with van der Waals surface area (Å²) < 4.78 is 21.2. The minimum Gasteiger partial charge on any atom is -0.467 e. The third kappa shape index (κ3) is 3.81. The first-order valence-corrected chi connectivity index (χ1v) is 10.8. The molecule has 9 nitrogen and oxygen atoms in total. The number of piperazine rings is 1. The average molecular weight is 464 g/mol. The lowest BCUT2D eigenvalue weighted by molar-refractivity contribution is -0.126. The molecule has 176 valence electrons. The van der Waals surface area contributed by atoms with E-state index in [1.165, 1.54) is 19.4 Å². The van der Waals surface area contributed by atoms with Gasteiger partial charge in [0.2, 0.25) is 5.91 Å². The van der Waals surface area contributed by atoms with Gasteiger partial charge in [0.15, 0.2) is 5.82 Å². The summed E-state index contributed by atoms with van der Waals surface area (Å²) >= 11 is 0. The van der Waals surface area contributed by atoms with E-state index in [-0.39, 0.29) is 29.2 Å². The summed E-state index contributed by atoms with van der Waals surface area (Å²) in [5, 5.41) is 8.20. The number of nitrogens with zero attached hydrogens (tertiary/aromatic N) is 5. The number of amides is 1. The van der Waals surface area contributed by atoms with Gasteiger partial charge in [-0.05, 0) is 31.6 Å². The van der Waals surface area contributed by atoms with E-state index >= 15 is 4.39 Å². The van der Waals surface area contributed by atoms with Crippen molar-refractivity contribution in [1.82, 2.24) is 19.9 Å².